The third-order valence-corrected chi connectivity index (χ3v) is 3.82. The second kappa shape index (κ2) is 8.96. The molecule has 0 bridgehead atoms. The van der Waals surface area contributed by atoms with Crippen LogP contribution in [0.5, 0.6) is 5.75 Å². The number of anilines is 1. The van der Waals surface area contributed by atoms with Gasteiger partial charge in [0.1, 0.15) is 17.4 Å². The van der Waals surface area contributed by atoms with Gasteiger partial charge >= 0.3 is 0 Å². The number of nitro groups is 1. The van der Waals surface area contributed by atoms with E-state index in [-0.39, 0.29) is 16.9 Å². The molecule has 132 valence electrons. The Morgan fingerprint density at radius 1 is 1.38 bits per heavy atom. The molecule has 0 aliphatic carbocycles. The van der Waals surface area contributed by atoms with Crippen LogP contribution < -0.4 is 10.1 Å². The maximum Gasteiger partial charge on any atom is 0.271 e. The number of hydrogen-bond acceptors (Lipinski definition) is 5. The van der Waals surface area contributed by atoms with Crippen molar-refractivity contribution in [2.45, 2.75) is 6.92 Å². The van der Waals surface area contributed by atoms with Gasteiger partial charge in [-0.1, -0.05) is 6.07 Å². The van der Waals surface area contributed by atoms with Crippen molar-refractivity contribution in [3.8, 4) is 11.8 Å². The first-order valence-electron chi connectivity index (χ1n) is 7.54. The summed E-state index contributed by atoms with van der Waals surface area (Å²) in [5.41, 5.74) is 0.610. The average Bonchev–Trinajstić information content (AvgIpc) is 2.59. The molecule has 0 aromatic heterocycles. The smallest absolute Gasteiger partial charge is 0.271 e. The largest absolute Gasteiger partial charge is 0.494 e. The number of ether oxygens (including phenoxy) is 1. The van der Waals surface area contributed by atoms with Gasteiger partial charge in [-0.2, -0.15) is 5.26 Å². The zero-order valence-corrected chi connectivity index (χ0v) is 15.9. The van der Waals surface area contributed by atoms with Gasteiger partial charge in [0, 0.05) is 21.4 Å². The van der Waals surface area contributed by atoms with Crippen LogP contribution in [0.25, 0.3) is 6.08 Å². The fourth-order valence-electron chi connectivity index (χ4n) is 2.13. The summed E-state index contributed by atoms with van der Waals surface area (Å²) >= 11 is 2.12. The monoisotopic (exact) mass is 463 g/mol. The van der Waals surface area contributed by atoms with Crippen molar-refractivity contribution >= 4 is 45.9 Å². The summed E-state index contributed by atoms with van der Waals surface area (Å²) in [6, 6.07) is 12.7. The Labute approximate surface area is 163 Å². The number of amides is 1. The molecule has 0 fully saturated rings. The first-order chi connectivity index (χ1) is 12.4. The summed E-state index contributed by atoms with van der Waals surface area (Å²) in [7, 11) is 0. The molecule has 1 N–H and O–H groups in total. The molecule has 8 heteroatoms. The second-order valence-corrected chi connectivity index (χ2v) is 6.33. The first kappa shape index (κ1) is 19.4. The third-order valence-electron chi connectivity index (χ3n) is 3.20. The van der Waals surface area contributed by atoms with Crippen LogP contribution in [0.1, 0.15) is 12.5 Å². The van der Waals surface area contributed by atoms with Gasteiger partial charge in [0.25, 0.3) is 11.6 Å². The standard InChI is InChI=1S/C18H14IN3O4/c1-2-26-17-8-12(7-14(19)9-17)6-13(11-20)18(23)21-15-4-3-5-16(10-15)22(24)25/h3-10H,2H2,1H3,(H,21,23)/b13-6+. The molecule has 0 radical (unpaired) electrons. The molecule has 0 unspecified atom stereocenters. The normalized spacial score (nSPS) is 10.7. The topological polar surface area (TPSA) is 105 Å². The molecule has 0 saturated carbocycles. The molecule has 26 heavy (non-hydrogen) atoms. The lowest BCUT2D eigenvalue weighted by molar-refractivity contribution is -0.384. The van der Waals surface area contributed by atoms with Gasteiger partial charge in [0.05, 0.1) is 11.5 Å². The van der Waals surface area contributed by atoms with Crippen LogP contribution in [-0.2, 0) is 4.79 Å². The number of rotatable bonds is 6. The average molecular weight is 463 g/mol. The maximum absolute atomic E-state index is 12.3. The predicted octanol–water partition coefficient (Wildman–Crippen LogP) is 4.14. The second-order valence-electron chi connectivity index (χ2n) is 5.08. The van der Waals surface area contributed by atoms with Crippen LogP contribution in [0.2, 0.25) is 0 Å². The van der Waals surface area contributed by atoms with E-state index in [9.17, 15) is 20.2 Å². The highest BCUT2D eigenvalue weighted by molar-refractivity contribution is 14.1. The molecule has 0 heterocycles. The number of nitriles is 1. The van der Waals surface area contributed by atoms with Crippen LogP contribution in [0.15, 0.2) is 48.0 Å². The lowest BCUT2D eigenvalue weighted by atomic mass is 10.1. The van der Waals surface area contributed by atoms with Gasteiger partial charge in [-0.15, -0.1) is 0 Å². The Bertz CT molecular complexity index is 919. The highest BCUT2D eigenvalue weighted by Gasteiger charge is 2.12. The van der Waals surface area contributed by atoms with Gasteiger partial charge in [0.2, 0.25) is 0 Å². The van der Waals surface area contributed by atoms with Gasteiger partial charge in [-0.3, -0.25) is 14.9 Å². The number of benzene rings is 2. The summed E-state index contributed by atoms with van der Waals surface area (Å²) in [6.45, 7) is 2.37. The lowest BCUT2D eigenvalue weighted by Gasteiger charge is -2.07. The number of carbonyl (C=O) groups excluding carboxylic acids is 1. The van der Waals surface area contributed by atoms with Crippen molar-refractivity contribution in [2.24, 2.45) is 0 Å². The van der Waals surface area contributed by atoms with Crippen LogP contribution in [0, 0.1) is 25.0 Å². The van der Waals surface area contributed by atoms with E-state index >= 15 is 0 Å². The molecule has 0 aliphatic heterocycles. The number of nitrogens with one attached hydrogen (secondary N) is 1. The Hall–Kier alpha value is -2.93. The molecular weight excluding hydrogens is 449 g/mol. The number of halogens is 1. The molecule has 2 aromatic rings. The molecule has 0 spiro atoms. The van der Waals surface area contributed by atoms with Crippen molar-refractivity contribution in [1.82, 2.24) is 0 Å². The van der Waals surface area contributed by atoms with E-state index < -0.39 is 10.8 Å². The maximum atomic E-state index is 12.3. The van der Waals surface area contributed by atoms with Crippen LogP contribution in [0.4, 0.5) is 11.4 Å². The highest BCUT2D eigenvalue weighted by Crippen LogP contribution is 2.22. The Morgan fingerprint density at radius 3 is 2.81 bits per heavy atom. The Balaban J connectivity index is 2.26. The fourth-order valence-corrected chi connectivity index (χ4v) is 2.80. The molecular formula is C18H14IN3O4. The summed E-state index contributed by atoms with van der Waals surface area (Å²) in [5.74, 6) is -0.00755. The number of nitrogens with zero attached hydrogens (tertiary/aromatic N) is 2. The third kappa shape index (κ3) is 5.29. The van der Waals surface area contributed by atoms with E-state index in [1.807, 2.05) is 19.1 Å². The Morgan fingerprint density at radius 2 is 2.15 bits per heavy atom. The number of carbonyl (C=O) groups is 1. The van der Waals surface area contributed by atoms with Gasteiger partial charge in [-0.05, 0) is 65.4 Å². The predicted molar refractivity (Wildman–Crippen MR) is 106 cm³/mol. The van der Waals surface area contributed by atoms with Crippen molar-refractivity contribution in [3.05, 3.63) is 67.3 Å². The summed E-state index contributed by atoms with van der Waals surface area (Å²) in [5, 5.41) is 22.6. The zero-order chi connectivity index (χ0) is 19.1. The van der Waals surface area contributed by atoms with E-state index in [0.717, 1.165) is 3.57 Å². The van der Waals surface area contributed by atoms with Crippen molar-refractivity contribution < 1.29 is 14.5 Å². The van der Waals surface area contributed by atoms with Crippen LogP contribution in [-0.4, -0.2) is 17.4 Å². The Kier molecular flexibility index (Phi) is 6.68. The van der Waals surface area contributed by atoms with Crippen molar-refractivity contribution in [2.75, 3.05) is 11.9 Å². The SMILES string of the molecule is CCOc1cc(I)cc(/C=C(\C#N)C(=O)Nc2cccc([N+](=O)[O-])c2)c1. The summed E-state index contributed by atoms with van der Waals surface area (Å²) in [4.78, 5) is 22.6. The van der Waals surface area contributed by atoms with E-state index in [0.29, 0.717) is 17.9 Å². The summed E-state index contributed by atoms with van der Waals surface area (Å²) in [6.07, 6.45) is 1.44. The van der Waals surface area contributed by atoms with E-state index in [4.69, 9.17) is 4.74 Å². The quantitative estimate of drug-likeness (QED) is 0.228. The van der Waals surface area contributed by atoms with Gasteiger partial charge in [-0.25, -0.2) is 0 Å². The lowest BCUT2D eigenvalue weighted by Crippen LogP contribution is -2.13. The van der Waals surface area contributed by atoms with E-state index in [1.54, 1.807) is 12.1 Å². The minimum atomic E-state index is -0.648. The molecule has 0 saturated heterocycles. The molecule has 1 amide bonds. The van der Waals surface area contributed by atoms with Crippen molar-refractivity contribution in [1.29, 1.82) is 5.26 Å². The molecule has 7 nitrogen and oxygen atoms in total. The highest BCUT2D eigenvalue weighted by atomic mass is 127. The number of hydrogen-bond donors (Lipinski definition) is 1. The summed E-state index contributed by atoms with van der Waals surface area (Å²) < 4.78 is 6.35. The first-order valence-corrected chi connectivity index (χ1v) is 8.61. The minimum Gasteiger partial charge on any atom is -0.494 e. The number of nitro benzene ring substituents is 1. The molecule has 2 rings (SSSR count). The van der Waals surface area contributed by atoms with Gasteiger partial charge < -0.3 is 10.1 Å². The fraction of sp³-hybridized carbons (Fsp3) is 0.111. The molecule has 0 aliphatic rings. The van der Waals surface area contributed by atoms with E-state index in [2.05, 4.69) is 27.9 Å². The van der Waals surface area contributed by atoms with E-state index in [1.165, 1.54) is 30.3 Å². The van der Waals surface area contributed by atoms with Crippen molar-refractivity contribution in [3.63, 3.8) is 0 Å². The molecule has 0 atom stereocenters. The van der Waals surface area contributed by atoms with Gasteiger partial charge in [0.15, 0.2) is 0 Å². The number of non-ortho nitro benzene ring substituents is 1. The van der Waals surface area contributed by atoms with Crippen LogP contribution >= 0.6 is 22.6 Å². The van der Waals surface area contributed by atoms with Crippen LogP contribution in [0.3, 0.4) is 0 Å². The zero-order valence-electron chi connectivity index (χ0n) is 13.7. The molecule has 2 aromatic carbocycles. The minimum absolute atomic E-state index is 0.124.